The molecule has 4 N–H and O–H groups in total. The molecule has 1 atom stereocenters. The molecule has 112 valence electrons. The summed E-state index contributed by atoms with van der Waals surface area (Å²) in [6.07, 6.45) is 0. The smallest absolute Gasteiger partial charge is 0.241 e. The highest BCUT2D eigenvalue weighted by Gasteiger charge is 2.25. The van der Waals surface area contributed by atoms with Crippen LogP contribution in [0.5, 0.6) is 0 Å². The number of hydrogen-bond acceptors (Lipinski definition) is 4. The van der Waals surface area contributed by atoms with Crippen LogP contribution in [0.2, 0.25) is 0 Å². The number of benzene rings is 1. The van der Waals surface area contributed by atoms with Crippen molar-refractivity contribution in [2.45, 2.75) is 13.0 Å². The number of hydrogen-bond donors (Lipinski definition) is 3. The van der Waals surface area contributed by atoms with Crippen molar-refractivity contribution in [1.82, 2.24) is 10.2 Å². The molecule has 7 heteroatoms. The predicted octanol–water partition coefficient (Wildman–Crippen LogP) is 0.0796. The minimum absolute atomic E-state index is 0.0540. The van der Waals surface area contributed by atoms with Crippen molar-refractivity contribution in [3.05, 3.63) is 29.8 Å². The Bertz CT molecular complexity index is 559. The van der Waals surface area contributed by atoms with Crippen LogP contribution in [-0.4, -0.2) is 47.4 Å². The maximum absolute atomic E-state index is 12.2. The SMILES string of the molecule is CC(C(=O)Nc1ccc(C(N)=S)cc1)N1CCNC(=O)C1. The van der Waals surface area contributed by atoms with Gasteiger partial charge in [0, 0.05) is 24.3 Å². The Hall–Kier alpha value is -1.99. The number of rotatable bonds is 4. The van der Waals surface area contributed by atoms with Gasteiger partial charge in [-0.05, 0) is 31.2 Å². The lowest BCUT2D eigenvalue weighted by atomic mass is 10.2. The van der Waals surface area contributed by atoms with Crippen LogP contribution >= 0.6 is 12.2 Å². The summed E-state index contributed by atoms with van der Waals surface area (Å²) in [5.41, 5.74) is 6.95. The lowest BCUT2D eigenvalue weighted by Gasteiger charge is -2.31. The third kappa shape index (κ3) is 3.99. The van der Waals surface area contributed by atoms with Gasteiger partial charge in [-0.1, -0.05) is 12.2 Å². The Labute approximate surface area is 128 Å². The Morgan fingerprint density at radius 2 is 2.10 bits per heavy atom. The monoisotopic (exact) mass is 306 g/mol. The summed E-state index contributed by atoms with van der Waals surface area (Å²) < 4.78 is 0. The number of nitrogens with two attached hydrogens (primary N) is 1. The highest BCUT2D eigenvalue weighted by atomic mass is 32.1. The highest BCUT2D eigenvalue weighted by Crippen LogP contribution is 2.11. The number of nitrogens with zero attached hydrogens (tertiary/aromatic N) is 1. The van der Waals surface area contributed by atoms with Gasteiger partial charge >= 0.3 is 0 Å². The summed E-state index contributed by atoms with van der Waals surface area (Å²) in [6, 6.07) is 6.66. The van der Waals surface area contributed by atoms with E-state index in [-0.39, 0.29) is 24.4 Å². The molecule has 1 aliphatic heterocycles. The van der Waals surface area contributed by atoms with Gasteiger partial charge < -0.3 is 16.4 Å². The molecule has 1 aliphatic rings. The number of nitrogens with one attached hydrogen (secondary N) is 2. The van der Waals surface area contributed by atoms with Crippen molar-refractivity contribution in [3.63, 3.8) is 0 Å². The van der Waals surface area contributed by atoms with Crippen molar-refractivity contribution >= 4 is 34.7 Å². The summed E-state index contributed by atoms with van der Waals surface area (Å²) in [6.45, 7) is 3.27. The first-order valence-electron chi connectivity index (χ1n) is 6.69. The lowest BCUT2D eigenvalue weighted by Crippen LogP contribution is -2.53. The summed E-state index contributed by atoms with van der Waals surface area (Å²) in [5, 5.41) is 5.56. The predicted molar refractivity (Wildman–Crippen MR) is 85.0 cm³/mol. The molecule has 2 amide bonds. The molecule has 1 saturated heterocycles. The van der Waals surface area contributed by atoms with E-state index in [1.54, 1.807) is 31.2 Å². The van der Waals surface area contributed by atoms with E-state index in [2.05, 4.69) is 10.6 Å². The highest BCUT2D eigenvalue weighted by molar-refractivity contribution is 7.80. The number of carbonyl (C=O) groups excluding carboxylic acids is 2. The summed E-state index contributed by atoms with van der Waals surface area (Å²) in [4.78, 5) is 25.7. The van der Waals surface area contributed by atoms with Gasteiger partial charge in [-0.25, -0.2) is 0 Å². The molecule has 0 saturated carbocycles. The van der Waals surface area contributed by atoms with E-state index in [0.717, 1.165) is 5.56 Å². The van der Waals surface area contributed by atoms with Crippen molar-refractivity contribution in [2.24, 2.45) is 5.73 Å². The second-order valence-electron chi connectivity index (χ2n) is 4.93. The van der Waals surface area contributed by atoms with Gasteiger partial charge in [0.25, 0.3) is 0 Å². The molecule has 6 nitrogen and oxygen atoms in total. The first-order valence-corrected chi connectivity index (χ1v) is 7.09. The fourth-order valence-corrected chi connectivity index (χ4v) is 2.26. The van der Waals surface area contributed by atoms with Crippen LogP contribution in [0.15, 0.2) is 24.3 Å². The third-order valence-corrected chi connectivity index (χ3v) is 3.67. The number of amides is 2. The summed E-state index contributed by atoms with van der Waals surface area (Å²) >= 11 is 4.88. The van der Waals surface area contributed by atoms with Crippen LogP contribution in [0.1, 0.15) is 12.5 Å². The number of thiocarbonyl (C=S) groups is 1. The molecule has 0 aliphatic carbocycles. The minimum atomic E-state index is -0.369. The van der Waals surface area contributed by atoms with Gasteiger partial charge in [-0.3, -0.25) is 14.5 Å². The van der Waals surface area contributed by atoms with Crippen LogP contribution < -0.4 is 16.4 Å². The summed E-state index contributed by atoms with van der Waals surface area (Å²) in [5.74, 6) is -0.200. The minimum Gasteiger partial charge on any atom is -0.389 e. The fraction of sp³-hybridized carbons (Fsp3) is 0.357. The maximum Gasteiger partial charge on any atom is 0.241 e. The van der Waals surface area contributed by atoms with Crippen molar-refractivity contribution in [1.29, 1.82) is 0 Å². The zero-order valence-electron chi connectivity index (χ0n) is 11.8. The molecule has 0 spiro atoms. The Morgan fingerprint density at radius 1 is 1.43 bits per heavy atom. The molecule has 1 fully saturated rings. The van der Waals surface area contributed by atoms with E-state index in [1.807, 2.05) is 4.90 Å². The van der Waals surface area contributed by atoms with E-state index >= 15 is 0 Å². The van der Waals surface area contributed by atoms with Crippen LogP contribution in [0.3, 0.4) is 0 Å². The van der Waals surface area contributed by atoms with E-state index in [0.29, 0.717) is 23.8 Å². The molecule has 1 aromatic carbocycles. The topological polar surface area (TPSA) is 87.5 Å². The van der Waals surface area contributed by atoms with Crippen molar-refractivity contribution in [3.8, 4) is 0 Å². The number of anilines is 1. The summed E-state index contributed by atoms with van der Waals surface area (Å²) in [7, 11) is 0. The average Bonchev–Trinajstić information content (AvgIpc) is 2.47. The standard InChI is InChI=1S/C14H18N4O2S/c1-9(18-7-6-16-12(19)8-18)14(20)17-11-4-2-10(3-5-11)13(15)21/h2-5,9H,6-8H2,1H3,(H2,15,21)(H,16,19)(H,17,20). The second-order valence-corrected chi connectivity index (χ2v) is 5.37. The van der Waals surface area contributed by atoms with E-state index < -0.39 is 0 Å². The number of piperazine rings is 1. The molecule has 1 aromatic rings. The van der Waals surface area contributed by atoms with Crippen LogP contribution in [0, 0.1) is 0 Å². The van der Waals surface area contributed by atoms with Gasteiger partial charge in [-0.15, -0.1) is 0 Å². The molecule has 1 unspecified atom stereocenters. The molecular weight excluding hydrogens is 288 g/mol. The molecule has 1 heterocycles. The lowest BCUT2D eigenvalue weighted by molar-refractivity contribution is -0.127. The molecule has 0 radical (unpaired) electrons. The zero-order chi connectivity index (χ0) is 15.4. The van der Waals surface area contributed by atoms with Crippen molar-refractivity contribution < 1.29 is 9.59 Å². The molecular formula is C14H18N4O2S. The van der Waals surface area contributed by atoms with Gasteiger partial charge in [0.15, 0.2) is 0 Å². The molecule has 0 bridgehead atoms. The molecule has 2 rings (SSSR count). The normalized spacial score (nSPS) is 16.9. The van der Waals surface area contributed by atoms with Gasteiger partial charge in [0.1, 0.15) is 4.99 Å². The average molecular weight is 306 g/mol. The molecule has 0 aromatic heterocycles. The van der Waals surface area contributed by atoms with E-state index in [9.17, 15) is 9.59 Å². The maximum atomic E-state index is 12.2. The Kier molecular flexibility index (Phi) is 4.87. The van der Waals surface area contributed by atoms with E-state index in [4.69, 9.17) is 18.0 Å². The number of carbonyl (C=O) groups is 2. The van der Waals surface area contributed by atoms with E-state index in [1.165, 1.54) is 0 Å². The van der Waals surface area contributed by atoms with Gasteiger partial charge in [0.2, 0.25) is 11.8 Å². The first kappa shape index (κ1) is 15.4. The molecule has 21 heavy (non-hydrogen) atoms. The zero-order valence-corrected chi connectivity index (χ0v) is 12.6. The first-order chi connectivity index (χ1) is 9.97. The van der Waals surface area contributed by atoms with Crippen LogP contribution in [0.4, 0.5) is 5.69 Å². The van der Waals surface area contributed by atoms with Gasteiger partial charge in [0.05, 0.1) is 12.6 Å². The van der Waals surface area contributed by atoms with Crippen LogP contribution in [-0.2, 0) is 9.59 Å². The van der Waals surface area contributed by atoms with Gasteiger partial charge in [-0.2, -0.15) is 0 Å². The van der Waals surface area contributed by atoms with Crippen molar-refractivity contribution in [2.75, 3.05) is 25.0 Å². The largest absolute Gasteiger partial charge is 0.389 e. The van der Waals surface area contributed by atoms with Crippen LogP contribution in [0.25, 0.3) is 0 Å². The second kappa shape index (κ2) is 6.64. The quantitative estimate of drug-likeness (QED) is 0.686. The Morgan fingerprint density at radius 3 is 2.67 bits per heavy atom. The fourth-order valence-electron chi connectivity index (χ4n) is 2.12. The third-order valence-electron chi connectivity index (χ3n) is 3.43. The Balaban J connectivity index is 1.96.